The molecule has 0 atom stereocenters. The van der Waals surface area contributed by atoms with E-state index in [0.29, 0.717) is 5.39 Å². The van der Waals surface area contributed by atoms with Crippen molar-refractivity contribution < 1.29 is 9.21 Å². The summed E-state index contributed by atoms with van der Waals surface area (Å²) in [5, 5.41) is 0.619. The normalized spacial score (nSPS) is 10.4. The number of ketones is 1. The Kier molecular flexibility index (Phi) is 1.89. The van der Waals surface area contributed by atoms with Crippen LogP contribution in [0.2, 0.25) is 0 Å². The van der Waals surface area contributed by atoms with Gasteiger partial charge in [-0.2, -0.15) is 0 Å². The van der Waals surface area contributed by atoms with Crippen molar-refractivity contribution in [3.05, 3.63) is 40.6 Å². The first kappa shape index (κ1) is 8.62. The first-order valence-corrected chi connectivity index (χ1v) is 4.08. The molecule has 0 saturated heterocycles. The van der Waals surface area contributed by atoms with Gasteiger partial charge < -0.3 is 4.42 Å². The first-order chi connectivity index (χ1) is 6.68. The van der Waals surface area contributed by atoms with E-state index in [4.69, 9.17) is 4.42 Å². The molecule has 0 radical (unpaired) electrons. The van der Waals surface area contributed by atoms with Gasteiger partial charge >= 0.3 is 5.63 Å². The summed E-state index contributed by atoms with van der Waals surface area (Å²) in [6, 6.07) is 4.93. The highest BCUT2D eigenvalue weighted by Crippen LogP contribution is 2.09. The Labute approximate surface area is 79.2 Å². The summed E-state index contributed by atoms with van der Waals surface area (Å²) in [7, 11) is 0. The second kappa shape index (κ2) is 3.06. The largest absolute Gasteiger partial charge is 0.418 e. The lowest BCUT2D eigenvalue weighted by molar-refractivity contribution is 0.0983. The van der Waals surface area contributed by atoms with Crippen LogP contribution in [0.15, 0.2) is 33.6 Å². The van der Waals surface area contributed by atoms with E-state index in [2.05, 4.69) is 4.98 Å². The summed E-state index contributed by atoms with van der Waals surface area (Å²) < 4.78 is 4.78. The monoisotopic (exact) mass is 189 g/mol. The van der Waals surface area contributed by atoms with Crippen LogP contribution in [0.3, 0.4) is 0 Å². The molecular weight excluding hydrogens is 182 g/mol. The highest BCUT2D eigenvalue weighted by atomic mass is 16.4. The molecule has 4 nitrogen and oxygen atoms in total. The lowest BCUT2D eigenvalue weighted by Crippen LogP contribution is -2.05. The van der Waals surface area contributed by atoms with E-state index in [1.807, 2.05) is 0 Å². The number of aromatic nitrogens is 1. The van der Waals surface area contributed by atoms with Gasteiger partial charge in [0, 0.05) is 18.5 Å². The summed E-state index contributed by atoms with van der Waals surface area (Å²) in [5.41, 5.74) is -0.328. The molecule has 70 valence electrons. The number of fused-ring (bicyclic) bond motifs is 1. The van der Waals surface area contributed by atoms with Crippen LogP contribution in [0.5, 0.6) is 0 Å². The summed E-state index contributed by atoms with van der Waals surface area (Å²) in [6.07, 6.45) is 1.51. The average molecular weight is 189 g/mol. The van der Waals surface area contributed by atoms with Crippen molar-refractivity contribution in [2.75, 3.05) is 0 Å². The Balaban J connectivity index is 2.86. The molecule has 0 aliphatic carbocycles. The molecule has 0 spiro atoms. The third-order valence-corrected chi connectivity index (χ3v) is 1.87. The molecule has 2 aromatic rings. The minimum atomic E-state index is -0.576. The molecule has 0 bridgehead atoms. The standard InChI is InChI=1S/C10H7NO3/c1-6(12)8-5-7-3-2-4-11-9(7)10(13)14-8/h2-5H,1H3. The van der Waals surface area contributed by atoms with Crippen molar-refractivity contribution in [1.82, 2.24) is 4.98 Å². The maximum Gasteiger partial charge on any atom is 0.363 e. The molecule has 0 amide bonds. The van der Waals surface area contributed by atoms with E-state index in [9.17, 15) is 9.59 Å². The topological polar surface area (TPSA) is 60.2 Å². The highest BCUT2D eigenvalue weighted by Gasteiger charge is 2.07. The summed E-state index contributed by atoms with van der Waals surface area (Å²) >= 11 is 0. The van der Waals surface area contributed by atoms with E-state index in [1.54, 1.807) is 12.1 Å². The molecule has 2 rings (SSSR count). The lowest BCUT2D eigenvalue weighted by atomic mass is 10.2. The van der Waals surface area contributed by atoms with Gasteiger partial charge in [0.1, 0.15) is 0 Å². The van der Waals surface area contributed by atoms with E-state index >= 15 is 0 Å². The van der Waals surface area contributed by atoms with Crippen molar-refractivity contribution >= 4 is 16.7 Å². The Morgan fingerprint density at radius 3 is 3.00 bits per heavy atom. The molecular formula is C10H7NO3. The summed E-state index contributed by atoms with van der Waals surface area (Å²) in [5.74, 6) is -0.205. The number of rotatable bonds is 1. The van der Waals surface area contributed by atoms with Crippen molar-refractivity contribution in [2.24, 2.45) is 0 Å². The van der Waals surface area contributed by atoms with Gasteiger partial charge in [0.15, 0.2) is 17.1 Å². The van der Waals surface area contributed by atoms with Gasteiger partial charge in [0.2, 0.25) is 0 Å². The molecule has 0 aromatic carbocycles. The van der Waals surface area contributed by atoms with Gasteiger partial charge in [0.25, 0.3) is 0 Å². The molecule has 2 aromatic heterocycles. The quantitative estimate of drug-likeness (QED) is 0.636. The Morgan fingerprint density at radius 1 is 1.50 bits per heavy atom. The fourth-order valence-electron chi connectivity index (χ4n) is 1.20. The SMILES string of the molecule is CC(=O)c1cc2cccnc2c(=O)o1. The van der Waals surface area contributed by atoms with Gasteiger partial charge in [0.05, 0.1) is 0 Å². The number of nitrogens with zero attached hydrogens (tertiary/aromatic N) is 1. The van der Waals surface area contributed by atoms with Gasteiger partial charge in [-0.1, -0.05) is 6.07 Å². The zero-order chi connectivity index (χ0) is 10.1. The van der Waals surface area contributed by atoms with Crippen molar-refractivity contribution in [1.29, 1.82) is 0 Å². The number of carbonyl (C=O) groups is 1. The van der Waals surface area contributed by atoms with Crippen LogP contribution < -0.4 is 5.63 Å². The van der Waals surface area contributed by atoms with Crippen LogP contribution in [-0.4, -0.2) is 10.8 Å². The minimum absolute atomic E-state index is 0.0653. The van der Waals surface area contributed by atoms with E-state index in [0.717, 1.165) is 0 Å². The van der Waals surface area contributed by atoms with Crippen molar-refractivity contribution in [2.45, 2.75) is 6.92 Å². The molecule has 2 heterocycles. The van der Waals surface area contributed by atoms with Gasteiger partial charge in [-0.25, -0.2) is 9.78 Å². The van der Waals surface area contributed by atoms with Gasteiger partial charge in [-0.15, -0.1) is 0 Å². The molecule has 0 N–H and O–H groups in total. The third kappa shape index (κ3) is 1.31. The summed E-state index contributed by atoms with van der Waals surface area (Å²) in [4.78, 5) is 26.2. The second-order valence-corrected chi connectivity index (χ2v) is 2.90. The predicted octanol–water partition coefficient (Wildman–Crippen LogP) is 1.39. The second-order valence-electron chi connectivity index (χ2n) is 2.90. The van der Waals surface area contributed by atoms with E-state index < -0.39 is 5.63 Å². The minimum Gasteiger partial charge on any atom is -0.418 e. The molecule has 4 heteroatoms. The van der Waals surface area contributed by atoms with Crippen molar-refractivity contribution in [3.8, 4) is 0 Å². The van der Waals surface area contributed by atoms with Gasteiger partial charge in [-0.3, -0.25) is 4.79 Å². The highest BCUT2D eigenvalue weighted by molar-refractivity contribution is 5.94. The van der Waals surface area contributed by atoms with Gasteiger partial charge in [-0.05, 0) is 12.1 Å². The average Bonchev–Trinajstić information content (AvgIpc) is 2.17. The number of pyridine rings is 1. The lowest BCUT2D eigenvalue weighted by Gasteiger charge is -1.96. The predicted molar refractivity (Wildman–Crippen MR) is 50.3 cm³/mol. The molecule has 0 unspecified atom stereocenters. The molecule has 0 saturated carbocycles. The zero-order valence-corrected chi connectivity index (χ0v) is 7.48. The maximum absolute atomic E-state index is 11.3. The fourth-order valence-corrected chi connectivity index (χ4v) is 1.20. The maximum atomic E-state index is 11.3. The number of hydrogen-bond donors (Lipinski definition) is 0. The molecule has 0 aliphatic heterocycles. The molecule has 0 fully saturated rings. The fraction of sp³-hybridized carbons (Fsp3) is 0.100. The Hall–Kier alpha value is -1.97. The van der Waals surface area contributed by atoms with Crippen LogP contribution >= 0.6 is 0 Å². The van der Waals surface area contributed by atoms with E-state index in [-0.39, 0.29) is 17.1 Å². The zero-order valence-electron chi connectivity index (χ0n) is 7.48. The van der Waals surface area contributed by atoms with E-state index in [1.165, 1.54) is 19.2 Å². The number of hydrogen-bond acceptors (Lipinski definition) is 4. The van der Waals surface area contributed by atoms with Crippen LogP contribution in [0.1, 0.15) is 17.5 Å². The van der Waals surface area contributed by atoms with Crippen LogP contribution in [0, 0.1) is 0 Å². The van der Waals surface area contributed by atoms with Crippen LogP contribution in [0.25, 0.3) is 10.9 Å². The smallest absolute Gasteiger partial charge is 0.363 e. The first-order valence-electron chi connectivity index (χ1n) is 4.08. The Morgan fingerprint density at radius 2 is 2.29 bits per heavy atom. The Bertz CT molecular complexity index is 557. The molecule has 0 aliphatic rings. The van der Waals surface area contributed by atoms with Crippen molar-refractivity contribution in [3.63, 3.8) is 0 Å². The van der Waals surface area contributed by atoms with Crippen LogP contribution in [-0.2, 0) is 0 Å². The summed E-state index contributed by atoms with van der Waals surface area (Å²) in [6.45, 7) is 1.35. The third-order valence-electron chi connectivity index (χ3n) is 1.87. The van der Waals surface area contributed by atoms with Crippen LogP contribution in [0.4, 0.5) is 0 Å². The number of carbonyl (C=O) groups excluding carboxylic acids is 1. The number of Topliss-reactive ketones (excluding diaryl/α,β-unsaturated/α-hetero) is 1. The molecule has 14 heavy (non-hydrogen) atoms.